The third kappa shape index (κ3) is 2.33. The number of phenolic OH excluding ortho intramolecular Hbond substituents is 1. The monoisotopic (exact) mass is 230 g/mol. The Morgan fingerprint density at radius 2 is 1.88 bits per heavy atom. The Bertz CT molecular complexity index is 537. The second kappa shape index (κ2) is 4.78. The molecule has 0 heterocycles. The lowest BCUT2D eigenvalue weighted by atomic mass is 9.92. The zero-order valence-electron chi connectivity index (χ0n) is 9.01. The van der Waals surface area contributed by atoms with Crippen LogP contribution in [-0.4, -0.2) is 11.4 Å². The van der Waals surface area contributed by atoms with Crippen LogP contribution >= 0.6 is 0 Å². The van der Waals surface area contributed by atoms with E-state index in [9.17, 15) is 14.3 Å². The highest BCUT2D eigenvalue weighted by molar-refractivity contribution is 5.70. The summed E-state index contributed by atoms with van der Waals surface area (Å²) >= 11 is 0. The summed E-state index contributed by atoms with van der Waals surface area (Å²) in [5.41, 5.74) is 1.01. The largest absolute Gasteiger partial charge is 0.508 e. The summed E-state index contributed by atoms with van der Waals surface area (Å²) in [6.45, 7) is 0. The zero-order valence-corrected chi connectivity index (χ0v) is 9.01. The van der Waals surface area contributed by atoms with E-state index in [0.717, 1.165) is 0 Å². The lowest BCUT2D eigenvalue weighted by molar-refractivity contribution is -0.108. The molecule has 2 aromatic rings. The van der Waals surface area contributed by atoms with Crippen molar-refractivity contribution in [3.8, 4) is 5.75 Å². The quantitative estimate of drug-likeness (QED) is 0.823. The van der Waals surface area contributed by atoms with E-state index in [2.05, 4.69) is 0 Å². The predicted octanol–water partition coefficient (Wildman–Crippen LogP) is 2.86. The van der Waals surface area contributed by atoms with Crippen molar-refractivity contribution in [1.82, 2.24) is 0 Å². The van der Waals surface area contributed by atoms with Crippen molar-refractivity contribution < 1.29 is 14.3 Å². The molecule has 0 aliphatic carbocycles. The van der Waals surface area contributed by atoms with Gasteiger partial charge in [-0.15, -0.1) is 0 Å². The number of rotatable bonds is 3. The first-order valence-electron chi connectivity index (χ1n) is 5.21. The molecule has 2 aromatic carbocycles. The predicted molar refractivity (Wildman–Crippen MR) is 62.4 cm³/mol. The van der Waals surface area contributed by atoms with Gasteiger partial charge in [0.15, 0.2) is 0 Å². The van der Waals surface area contributed by atoms with Crippen molar-refractivity contribution in [2.24, 2.45) is 0 Å². The zero-order chi connectivity index (χ0) is 12.3. The van der Waals surface area contributed by atoms with Crippen LogP contribution in [0.3, 0.4) is 0 Å². The number of carbonyl (C=O) groups is 1. The molecule has 2 rings (SSSR count). The van der Waals surface area contributed by atoms with Gasteiger partial charge in [0.25, 0.3) is 0 Å². The van der Waals surface area contributed by atoms with Crippen LogP contribution in [0.4, 0.5) is 4.39 Å². The molecule has 0 amide bonds. The SMILES string of the molecule is O=CC(c1cccc(F)c1)c1ccccc1O. The number of halogens is 1. The Morgan fingerprint density at radius 3 is 2.53 bits per heavy atom. The summed E-state index contributed by atoms with van der Waals surface area (Å²) in [7, 11) is 0. The van der Waals surface area contributed by atoms with Crippen LogP contribution in [0, 0.1) is 5.82 Å². The number of carbonyl (C=O) groups excluding carboxylic acids is 1. The van der Waals surface area contributed by atoms with Gasteiger partial charge in [-0.05, 0) is 23.8 Å². The molecule has 2 nitrogen and oxygen atoms in total. The fraction of sp³-hybridized carbons (Fsp3) is 0.0714. The summed E-state index contributed by atoms with van der Waals surface area (Å²) in [5, 5.41) is 9.69. The maximum Gasteiger partial charge on any atom is 0.131 e. The number of para-hydroxylation sites is 1. The molecule has 1 atom stereocenters. The van der Waals surface area contributed by atoms with E-state index in [-0.39, 0.29) is 5.75 Å². The van der Waals surface area contributed by atoms with Crippen LogP contribution < -0.4 is 0 Å². The molecule has 0 aliphatic rings. The van der Waals surface area contributed by atoms with Crippen LogP contribution in [0.1, 0.15) is 17.0 Å². The molecule has 0 aromatic heterocycles. The minimum atomic E-state index is -0.646. The van der Waals surface area contributed by atoms with Crippen molar-refractivity contribution in [1.29, 1.82) is 0 Å². The van der Waals surface area contributed by atoms with E-state index < -0.39 is 11.7 Å². The van der Waals surface area contributed by atoms with Gasteiger partial charge in [-0.25, -0.2) is 4.39 Å². The molecule has 1 N–H and O–H groups in total. The number of hydrogen-bond acceptors (Lipinski definition) is 2. The molecule has 0 aliphatic heterocycles. The third-order valence-electron chi connectivity index (χ3n) is 2.62. The van der Waals surface area contributed by atoms with Gasteiger partial charge in [0.2, 0.25) is 0 Å². The molecular formula is C14H11FO2. The molecule has 1 unspecified atom stereocenters. The maximum atomic E-state index is 13.1. The molecule has 3 heteroatoms. The van der Waals surface area contributed by atoms with E-state index in [1.165, 1.54) is 18.2 Å². The van der Waals surface area contributed by atoms with Crippen LogP contribution in [0.2, 0.25) is 0 Å². The van der Waals surface area contributed by atoms with Gasteiger partial charge < -0.3 is 9.90 Å². The number of aromatic hydroxyl groups is 1. The smallest absolute Gasteiger partial charge is 0.131 e. The average molecular weight is 230 g/mol. The van der Waals surface area contributed by atoms with Gasteiger partial charge in [-0.1, -0.05) is 30.3 Å². The first-order valence-corrected chi connectivity index (χ1v) is 5.21. The summed E-state index contributed by atoms with van der Waals surface area (Å²) in [6, 6.07) is 12.4. The van der Waals surface area contributed by atoms with Gasteiger partial charge in [0.1, 0.15) is 17.9 Å². The van der Waals surface area contributed by atoms with Crippen molar-refractivity contribution in [2.75, 3.05) is 0 Å². The van der Waals surface area contributed by atoms with Crippen molar-refractivity contribution in [3.05, 3.63) is 65.5 Å². The Kier molecular flexibility index (Phi) is 3.19. The first-order chi connectivity index (χ1) is 8.22. The Labute approximate surface area is 98.3 Å². The summed E-state index contributed by atoms with van der Waals surface area (Å²) in [5.74, 6) is -1.01. The molecule has 0 fully saturated rings. The molecule has 0 radical (unpaired) electrons. The number of hydrogen-bond donors (Lipinski definition) is 1. The minimum Gasteiger partial charge on any atom is -0.508 e. The fourth-order valence-corrected chi connectivity index (χ4v) is 1.78. The number of aldehydes is 1. The second-order valence-corrected chi connectivity index (χ2v) is 3.73. The fourth-order valence-electron chi connectivity index (χ4n) is 1.78. The summed E-state index contributed by atoms with van der Waals surface area (Å²) in [4.78, 5) is 11.1. The van der Waals surface area contributed by atoms with E-state index >= 15 is 0 Å². The highest BCUT2D eigenvalue weighted by Gasteiger charge is 2.16. The third-order valence-corrected chi connectivity index (χ3v) is 2.62. The van der Waals surface area contributed by atoms with Crippen molar-refractivity contribution >= 4 is 6.29 Å². The van der Waals surface area contributed by atoms with Gasteiger partial charge in [-0.3, -0.25) is 0 Å². The second-order valence-electron chi connectivity index (χ2n) is 3.73. The normalized spacial score (nSPS) is 12.1. The summed E-state index contributed by atoms with van der Waals surface area (Å²) < 4.78 is 13.1. The highest BCUT2D eigenvalue weighted by Crippen LogP contribution is 2.29. The Morgan fingerprint density at radius 1 is 1.12 bits per heavy atom. The number of benzene rings is 2. The van der Waals surface area contributed by atoms with Crippen LogP contribution in [0.5, 0.6) is 5.75 Å². The molecule has 17 heavy (non-hydrogen) atoms. The van der Waals surface area contributed by atoms with E-state index in [0.29, 0.717) is 17.4 Å². The topological polar surface area (TPSA) is 37.3 Å². The first kappa shape index (κ1) is 11.3. The minimum absolute atomic E-state index is 0.0360. The van der Waals surface area contributed by atoms with Gasteiger partial charge in [0.05, 0.1) is 5.92 Å². The lowest BCUT2D eigenvalue weighted by Gasteiger charge is -2.12. The van der Waals surface area contributed by atoms with E-state index in [1.807, 2.05) is 0 Å². The molecule has 86 valence electrons. The Hall–Kier alpha value is -2.16. The van der Waals surface area contributed by atoms with Gasteiger partial charge >= 0.3 is 0 Å². The molecule has 0 bridgehead atoms. The van der Waals surface area contributed by atoms with E-state index in [1.54, 1.807) is 30.3 Å². The molecule has 0 spiro atoms. The highest BCUT2D eigenvalue weighted by atomic mass is 19.1. The Balaban J connectivity index is 2.48. The van der Waals surface area contributed by atoms with Crippen molar-refractivity contribution in [2.45, 2.75) is 5.92 Å². The molecular weight excluding hydrogens is 219 g/mol. The van der Waals surface area contributed by atoms with E-state index in [4.69, 9.17) is 0 Å². The van der Waals surface area contributed by atoms with Gasteiger partial charge in [0, 0.05) is 5.56 Å². The van der Waals surface area contributed by atoms with Crippen LogP contribution in [0.25, 0.3) is 0 Å². The standard InChI is InChI=1S/C14H11FO2/c15-11-5-3-4-10(8-11)13(9-16)12-6-1-2-7-14(12)17/h1-9,13,17H. The lowest BCUT2D eigenvalue weighted by Crippen LogP contribution is -2.03. The molecule has 0 saturated heterocycles. The maximum absolute atomic E-state index is 13.1. The summed E-state index contributed by atoms with van der Waals surface area (Å²) in [6.07, 6.45) is 0.698. The van der Waals surface area contributed by atoms with Gasteiger partial charge in [-0.2, -0.15) is 0 Å². The number of phenols is 1. The van der Waals surface area contributed by atoms with Crippen molar-refractivity contribution in [3.63, 3.8) is 0 Å². The van der Waals surface area contributed by atoms with Crippen LogP contribution in [-0.2, 0) is 4.79 Å². The molecule has 0 saturated carbocycles. The average Bonchev–Trinajstić information content (AvgIpc) is 2.33. The van der Waals surface area contributed by atoms with Crippen LogP contribution in [0.15, 0.2) is 48.5 Å².